The molecule has 0 aliphatic rings. The predicted molar refractivity (Wildman–Crippen MR) is 92.6 cm³/mol. The van der Waals surface area contributed by atoms with E-state index in [-0.39, 0.29) is 12.3 Å². The molecule has 0 aliphatic heterocycles. The van der Waals surface area contributed by atoms with Crippen LogP contribution in [0.5, 0.6) is 0 Å². The maximum atomic E-state index is 12.1. The summed E-state index contributed by atoms with van der Waals surface area (Å²) >= 11 is 3.34. The first-order valence-electron chi connectivity index (χ1n) is 7.29. The minimum Gasteiger partial charge on any atom is -0.273 e. The number of carbonyl (C=O) groups excluding carboxylic acids is 2. The Balaban J connectivity index is 1.53. The third-order valence-corrected chi connectivity index (χ3v) is 3.87. The molecular weight excluding hydrogens is 388 g/mol. The van der Waals surface area contributed by atoms with Gasteiger partial charge in [-0.05, 0) is 52.4 Å². The van der Waals surface area contributed by atoms with Gasteiger partial charge >= 0.3 is 0 Å². The Morgan fingerprint density at radius 1 is 1.00 bits per heavy atom. The van der Waals surface area contributed by atoms with Crippen molar-refractivity contribution in [3.8, 4) is 5.69 Å². The van der Waals surface area contributed by atoms with Gasteiger partial charge in [0.25, 0.3) is 5.91 Å². The van der Waals surface area contributed by atoms with Crippen molar-refractivity contribution >= 4 is 27.7 Å². The molecule has 1 heterocycles. The summed E-state index contributed by atoms with van der Waals surface area (Å²) in [6.45, 7) is 0. The molecule has 126 valence electrons. The van der Waals surface area contributed by atoms with Gasteiger partial charge in [0.05, 0.1) is 12.1 Å². The first-order chi connectivity index (χ1) is 12.1. The van der Waals surface area contributed by atoms with Crippen LogP contribution in [0.4, 0.5) is 0 Å². The second kappa shape index (κ2) is 7.67. The van der Waals surface area contributed by atoms with Crippen molar-refractivity contribution in [3.63, 3.8) is 0 Å². The number of hydrazine groups is 1. The van der Waals surface area contributed by atoms with Crippen LogP contribution in [0.1, 0.15) is 15.9 Å². The second-order valence-electron chi connectivity index (χ2n) is 5.11. The molecule has 0 unspecified atom stereocenters. The van der Waals surface area contributed by atoms with Crippen LogP contribution in [0.3, 0.4) is 0 Å². The van der Waals surface area contributed by atoms with E-state index >= 15 is 0 Å². The van der Waals surface area contributed by atoms with Crippen molar-refractivity contribution in [1.82, 2.24) is 31.1 Å². The van der Waals surface area contributed by atoms with Crippen LogP contribution in [0.15, 0.2) is 59.3 Å². The molecule has 3 rings (SSSR count). The first-order valence-corrected chi connectivity index (χ1v) is 8.08. The van der Waals surface area contributed by atoms with Gasteiger partial charge in [0, 0.05) is 10.0 Å². The topological polar surface area (TPSA) is 102 Å². The minimum absolute atomic E-state index is 0.172. The van der Waals surface area contributed by atoms with Gasteiger partial charge < -0.3 is 0 Å². The van der Waals surface area contributed by atoms with Crippen molar-refractivity contribution in [2.24, 2.45) is 0 Å². The van der Waals surface area contributed by atoms with Crippen molar-refractivity contribution < 1.29 is 9.59 Å². The van der Waals surface area contributed by atoms with E-state index < -0.39 is 5.91 Å². The number of hydrogen-bond donors (Lipinski definition) is 2. The van der Waals surface area contributed by atoms with Gasteiger partial charge in [0.15, 0.2) is 0 Å². The fraction of sp³-hybridized carbons (Fsp3) is 0.0625. The standard InChI is InChI=1S/C16H13BrN6O2/c17-13-5-1-11(2-6-13)9-15(24)19-20-16(25)12-3-7-14(8-4-12)23-10-18-21-22-23/h1-8,10H,9H2,(H,19,24)(H,20,25). The van der Waals surface area contributed by atoms with Crippen LogP contribution >= 0.6 is 15.9 Å². The summed E-state index contributed by atoms with van der Waals surface area (Å²) in [5.41, 5.74) is 6.76. The second-order valence-corrected chi connectivity index (χ2v) is 6.02. The molecule has 2 N–H and O–H groups in total. The van der Waals surface area contributed by atoms with Crippen LogP contribution < -0.4 is 10.9 Å². The van der Waals surface area contributed by atoms with Crippen molar-refractivity contribution in [1.29, 1.82) is 0 Å². The van der Waals surface area contributed by atoms with Crippen molar-refractivity contribution in [2.75, 3.05) is 0 Å². The van der Waals surface area contributed by atoms with Gasteiger partial charge in [0.1, 0.15) is 6.33 Å². The van der Waals surface area contributed by atoms with Gasteiger partial charge in [0.2, 0.25) is 5.91 Å². The molecular formula is C16H13BrN6O2. The van der Waals surface area contributed by atoms with E-state index in [0.29, 0.717) is 5.56 Å². The fourth-order valence-electron chi connectivity index (χ4n) is 2.08. The lowest BCUT2D eigenvalue weighted by Crippen LogP contribution is -2.42. The van der Waals surface area contributed by atoms with Crippen LogP contribution in [0, 0.1) is 0 Å². The summed E-state index contributed by atoms with van der Waals surface area (Å²) in [7, 11) is 0. The molecule has 25 heavy (non-hydrogen) atoms. The smallest absolute Gasteiger partial charge is 0.269 e. The highest BCUT2D eigenvalue weighted by Gasteiger charge is 2.08. The summed E-state index contributed by atoms with van der Waals surface area (Å²) in [5.74, 6) is -0.714. The van der Waals surface area contributed by atoms with Crippen LogP contribution in [0.25, 0.3) is 5.69 Å². The van der Waals surface area contributed by atoms with E-state index in [0.717, 1.165) is 15.7 Å². The highest BCUT2D eigenvalue weighted by Crippen LogP contribution is 2.11. The van der Waals surface area contributed by atoms with Gasteiger partial charge in [-0.15, -0.1) is 5.10 Å². The van der Waals surface area contributed by atoms with E-state index in [1.54, 1.807) is 24.3 Å². The summed E-state index contributed by atoms with van der Waals surface area (Å²) in [5, 5.41) is 10.9. The minimum atomic E-state index is -0.410. The lowest BCUT2D eigenvalue weighted by atomic mass is 10.1. The molecule has 9 heteroatoms. The SMILES string of the molecule is O=C(Cc1ccc(Br)cc1)NNC(=O)c1ccc(-n2cnnn2)cc1. The summed E-state index contributed by atoms with van der Waals surface area (Å²) in [6.07, 6.45) is 1.63. The molecule has 8 nitrogen and oxygen atoms in total. The number of benzene rings is 2. The number of nitrogens with one attached hydrogen (secondary N) is 2. The zero-order valence-corrected chi connectivity index (χ0v) is 14.5. The Labute approximate surface area is 151 Å². The first kappa shape index (κ1) is 16.8. The largest absolute Gasteiger partial charge is 0.273 e. The Bertz CT molecular complexity index is 863. The molecule has 0 atom stereocenters. The summed E-state index contributed by atoms with van der Waals surface area (Å²) in [4.78, 5) is 23.9. The average Bonchev–Trinajstić information content (AvgIpc) is 3.16. The number of carbonyl (C=O) groups is 2. The van der Waals surface area contributed by atoms with E-state index in [9.17, 15) is 9.59 Å². The highest BCUT2D eigenvalue weighted by atomic mass is 79.9. The molecule has 0 saturated carbocycles. The van der Waals surface area contributed by atoms with Gasteiger partial charge in [-0.25, -0.2) is 4.68 Å². The molecule has 0 radical (unpaired) electrons. The van der Waals surface area contributed by atoms with E-state index in [4.69, 9.17) is 0 Å². The maximum Gasteiger partial charge on any atom is 0.269 e. The number of tetrazole rings is 1. The molecule has 0 saturated heterocycles. The number of amides is 2. The van der Waals surface area contributed by atoms with Crippen molar-refractivity contribution in [3.05, 3.63) is 70.5 Å². The number of aromatic nitrogens is 4. The molecule has 3 aromatic rings. The lowest BCUT2D eigenvalue weighted by molar-refractivity contribution is -0.121. The van der Waals surface area contributed by atoms with Crippen LogP contribution in [0.2, 0.25) is 0 Å². The zero-order valence-electron chi connectivity index (χ0n) is 12.9. The summed E-state index contributed by atoms with van der Waals surface area (Å²) in [6, 6.07) is 14.0. The Hall–Kier alpha value is -3.07. The number of hydrogen-bond acceptors (Lipinski definition) is 5. The molecule has 0 aliphatic carbocycles. The van der Waals surface area contributed by atoms with E-state index in [1.807, 2.05) is 24.3 Å². The van der Waals surface area contributed by atoms with E-state index in [1.165, 1.54) is 11.0 Å². The average molecular weight is 401 g/mol. The van der Waals surface area contributed by atoms with Crippen LogP contribution in [-0.2, 0) is 11.2 Å². The Kier molecular flexibility index (Phi) is 5.14. The third kappa shape index (κ3) is 4.48. The zero-order chi connectivity index (χ0) is 17.6. The fourth-order valence-corrected chi connectivity index (χ4v) is 2.34. The molecule has 2 amide bonds. The normalized spacial score (nSPS) is 10.3. The van der Waals surface area contributed by atoms with Crippen LogP contribution in [-0.4, -0.2) is 32.0 Å². The molecule has 1 aromatic heterocycles. The molecule has 2 aromatic carbocycles. The third-order valence-electron chi connectivity index (χ3n) is 3.34. The number of nitrogens with zero attached hydrogens (tertiary/aromatic N) is 4. The Morgan fingerprint density at radius 3 is 2.36 bits per heavy atom. The lowest BCUT2D eigenvalue weighted by Gasteiger charge is -2.08. The monoisotopic (exact) mass is 400 g/mol. The molecule has 0 bridgehead atoms. The quantitative estimate of drug-likeness (QED) is 0.644. The number of rotatable bonds is 4. The van der Waals surface area contributed by atoms with Gasteiger partial charge in [-0.2, -0.15) is 0 Å². The van der Waals surface area contributed by atoms with E-state index in [2.05, 4.69) is 42.3 Å². The van der Waals surface area contributed by atoms with Gasteiger partial charge in [-0.1, -0.05) is 28.1 Å². The maximum absolute atomic E-state index is 12.1. The van der Waals surface area contributed by atoms with Crippen molar-refractivity contribution in [2.45, 2.75) is 6.42 Å². The Morgan fingerprint density at radius 2 is 1.72 bits per heavy atom. The summed E-state index contributed by atoms with van der Waals surface area (Å²) < 4.78 is 2.41. The number of halogens is 1. The predicted octanol–water partition coefficient (Wildman–Crippen LogP) is 1.43. The highest BCUT2D eigenvalue weighted by molar-refractivity contribution is 9.10. The molecule has 0 fully saturated rings. The van der Waals surface area contributed by atoms with Gasteiger partial charge in [-0.3, -0.25) is 20.4 Å². The molecule has 0 spiro atoms.